The Morgan fingerprint density at radius 2 is 1.16 bits per heavy atom. The van der Waals surface area contributed by atoms with Crippen molar-refractivity contribution in [3.8, 4) is 11.1 Å². The number of hydrogen-bond acceptors (Lipinski definition) is 4. The van der Waals surface area contributed by atoms with Gasteiger partial charge in [0.15, 0.2) is 0 Å². The predicted octanol–water partition coefficient (Wildman–Crippen LogP) is 5.65. The van der Waals surface area contributed by atoms with Crippen LogP contribution in [0.4, 0.5) is 11.4 Å². The van der Waals surface area contributed by atoms with Gasteiger partial charge in [0.25, 0.3) is 0 Å². The van der Waals surface area contributed by atoms with E-state index < -0.39 is 11.1 Å². The molecule has 25 heavy (non-hydrogen) atoms. The van der Waals surface area contributed by atoms with E-state index in [4.69, 9.17) is 0 Å². The van der Waals surface area contributed by atoms with Crippen molar-refractivity contribution in [3.63, 3.8) is 0 Å². The van der Waals surface area contributed by atoms with Crippen LogP contribution in [0.5, 0.6) is 0 Å². The molecule has 2 rings (SSSR count). The first-order valence-corrected chi connectivity index (χ1v) is 8.60. The van der Waals surface area contributed by atoms with Crippen molar-refractivity contribution in [2.45, 2.75) is 59.5 Å². The van der Waals surface area contributed by atoms with Crippen molar-refractivity contribution in [2.24, 2.45) is 0 Å². The Morgan fingerprint density at radius 3 is 1.56 bits per heavy atom. The first-order chi connectivity index (χ1) is 11.4. The lowest BCUT2D eigenvalue weighted by Crippen LogP contribution is -2.40. The van der Waals surface area contributed by atoms with Gasteiger partial charge in [0.1, 0.15) is 0 Å². The first-order valence-electron chi connectivity index (χ1n) is 8.60. The van der Waals surface area contributed by atoms with Crippen molar-refractivity contribution >= 4 is 11.4 Å². The second kappa shape index (κ2) is 6.70. The molecule has 0 aliphatic carbocycles. The molecule has 136 valence electrons. The lowest BCUT2D eigenvalue weighted by molar-refractivity contribution is 0.177. The highest BCUT2D eigenvalue weighted by atomic mass is 16.5. The number of aryl methyl sites for hydroxylation is 1. The molecule has 0 aliphatic rings. The molecule has 0 heterocycles. The second-order valence-corrected chi connectivity index (χ2v) is 8.57. The molecule has 0 aromatic heterocycles. The topological polar surface area (TPSA) is 46.9 Å². The summed E-state index contributed by atoms with van der Waals surface area (Å²) >= 11 is 0. The third-order valence-electron chi connectivity index (χ3n) is 4.01. The number of hydrogen-bond donors (Lipinski definition) is 2. The Labute approximate surface area is 151 Å². The van der Waals surface area contributed by atoms with Gasteiger partial charge < -0.3 is 0 Å². The largest absolute Gasteiger partial charge is 0.288 e. The van der Waals surface area contributed by atoms with Gasteiger partial charge in [-0.2, -0.15) is 0 Å². The number of rotatable bonds is 3. The zero-order valence-electron chi connectivity index (χ0n) is 16.3. The normalized spacial score (nSPS) is 12.2. The van der Waals surface area contributed by atoms with Crippen LogP contribution in [0.25, 0.3) is 11.1 Å². The molecular weight excluding hydrogens is 312 g/mol. The maximum Gasteiger partial charge on any atom is 0.0668 e. The van der Waals surface area contributed by atoms with E-state index >= 15 is 0 Å². The molecule has 0 amide bonds. The Balaban J connectivity index is 2.63. The van der Waals surface area contributed by atoms with Crippen molar-refractivity contribution in [2.75, 3.05) is 10.1 Å². The summed E-state index contributed by atoms with van der Waals surface area (Å²) in [5.41, 5.74) is 3.54. The van der Waals surface area contributed by atoms with E-state index in [2.05, 4.69) is 19.1 Å². The Hall–Kier alpha value is -2.04. The van der Waals surface area contributed by atoms with Gasteiger partial charge in [0, 0.05) is 0 Å². The lowest BCUT2D eigenvalue weighted by Gasteiger charge is -2.35. The molecule has 0 fully saturated rings. The molecule has 0 unspecified atom stereocenters. The van der Waals surface area contributed by atoms with E-state index in [-0.39, 0.29) is 0 Å². The van der Waals surface area contributed by atoms with Crippen LogP contribution >= 0.6 is 0 Å². The molecule has 0 spiro atoms. The standard InChI is InChI=1S/C21H30N2O2/c1-15-9-8-10-16(11-15)17-12-18(22(24)20(2,3)4)14-19(13-17)23(25)21(5,6)7/h8-14,24-25H,1-7H3. The van der Waals surface area contributed by atoms with Crippen molar-refractivity contribution in [1.29, 1.82) is 0 Å². The van der Waals surface area contributed by atoms with Crippen LogP contribution in [0.15, 0.2) is 42.5 Å². The molecular formula is C21H30N2O2. The van der Waals surface area contributed by atoms with Gasteiger partial charge in [-0.3, -0.25) is 20.5 Å². The molecule has 0 atom stereocenters. The van der Waals surface area contributed by atoms with Gasteiger partial charge in [0.2, 0.25) is 0 Å². The highest BCUT2D eigenvalue weighted by Gasteiger charge is 2.25. The smallest absolute Gasteiger partial charge is 0.0668 e. The fraction of sp³-hybridized carbons (Fsp3) is 0.429. The summed E-state index contributed by atoms with van der Waals surface area (Å²) in [4.78, 5) is 0. The molecule has 0 aliphatic heterocycles. The lowest BCUT2D eigenvalue weighted by atomic mass is 9.99. The first kappa shape index (κ1) is 19.3. The SMILES string of the molecule is Cc1cccc(-c2cc(N(O)C(C)(C)C)cc(N(O)C(C)(C)C)c2)c1. The number of nitrogens with zero attached hydrogens (tertiary/aromatic N) is 2. The molecule has 2 N–H and O–H groups in total. The van der Waals surface area contributed by atoms with Crippen LogP contribution in [0.3, 0.4) is 0 Å². The minimum Gasteiger partial charge on any atom is -0.288 e. The zero-order chi connectivity index (χ0) is 19.0. The average molecular weight is 342 g/mol. The molecule has 2 aromatic rings. The fourth-order valence-corrected chi connectivity index (χ4v) is 2.61. The van der Waals surface area contributed by atoms with Crippen molar-refractivity contribution in [1.82, 2.24) is 0 Å². The Kier molecular flexibility index (Phi) is 5.17. The van der Waals surface area contributed by atoms with Gasteiger partial charge in [-0.15, -0.1) is 0 Å². The third-order valence-corrected chi connectivity index (χ3v) is 4.01. The van der Waals surface area contributed by atoms with E-state index in [1.54, 1.807) is 6.07 Å². The molecule has 0 radical (unpaired) electrons. The number of anilines is 2. The maximum atomic E-state index is 10.6. The third kappa shape index (κ3) is 4.53. The van der Waals surface area contributed by atoms with Crippen LogP contribution in [-0.2, 0) is 0 Å². The Morgan fingerprint density at radius 1 is 0.680 bits per heavy atom. The summed E-state index contributed by atoms with van der Waals surface area (Å²) in [7, 11) is 0. The van der Waals surface area contributed by atoms with Crippen molar-refractivity contribution < 1.29 is 10.4 Å². The van der Waals surface area contributed by atoms with Gasteiger partial charge in [-0.05, 0) is 77.8 Å². The molecule has 4 heteroatoms. The summed E-state index contributed by atoms with van der Waals surface area (Å²) in [5.74, 6) is 0. The molecule has 2 aromatic carbocycles. The second-order valence-electron chi connectivity index (χ2n) is 8.57. The molecule has 0 saturated carbocycles. The fourth-order valence-electron chi connectivity index (χ4n) is 2.61. The monoisotopic (exact) mass is 342 g/mol. The van der Waals surface area contributed by atoms with Gasteiger partial charge in [-0.1, -0.05) is 29.8 Å². The zero-order valence-corrected chi connectivity index (χ0v) is 16.3. The van der Waals surface area contributed by atoms with Crippen LogP contribution in [0.2, 0.25) is 0 Å². The minimum absolute atomic E-state index is 0.454. The summed E-state index contributed by atoms with van der Waals surface area (Å²) in [6.45, 7) is 13.7. The predicted molar refractivity (Wildman–Crippen MR) is 105 cm³/mol. The van der Waals surface area contributed by atoms with E-state index in [1.807, 2.05) is 65.8 Å². The van der Waals surface area contributed by atoms with E-state index in [0.717, 1.165) is 16.7 Å². The highest BCUT2D eigenvalue weighted by Crippen LogP contribution is 2.34. The summed E-state index contributed by atoms with van der Waals surface area (Å²) in [6.07, 6.45) is 0. The summed E-state index contributed by atoms with van der Waals surface area (Å²) in [6, 6.07) is 13.9. The summed E-state index contributed by atoms with van der Waals surface area (Å²) in [5, 5.41) is 23.7. The number of benzene rings is 2. The van der Waals surface area contributed by atoms with Gasteiger partial charge in [-0.25, -0.2) is 0 Å². The van der Waals surface area contributed by atoms with Gasteiger partial charge >= 0.3 is 0 Å². The van der Waals surface area contributed by atoms with Gasteiger partial charge in [0.05, 0.1) is 22.5 Å². The van der Waals surface area contributed by atoms with Crippen LogP contribution in [0.1, 0.15) is 47.1 Å². The van der Waals surface area contributed by atoms with E-state index in [9.17, 15) is 10.4 Å². The van der Waals surface area contributed by atoms with Crippen molar-refractivity contribution in [3.05, 3.63) is 48.0 Å². The average Bonchev–Trinajstić information content (AvgIpc) is 2.51. The Bertz CT molecular complexity index is 704. The van der Waals surface area contributed by atoms with Crippen LogP contribution in [-0.4, -0.2) is 21.5 Å². The van der Waals surface area contributed by atoms with E-state index in [0.29, 0.717) is 11.4 Å². The number of hydroxylamine groups is 2. The molecule has 0 bridgehead atoms. The van der Waals surface area contributed by atoms with Crippen LogP contribution in [0, 0.1) is 6.92 Å². The van der Waals surface area contributed by atoms with E-state index in [1.165, 1.54) is 10.1 Å². The quantitative estimate of drug-likeness (QED) is 0.708. The highest BCUT2D eigenvalue weighted by molar-refractivity contribution is 5.75. The maximum absolute atomic E-state index is 10.6. The van der Waals surface area contributed by atoms with Crippen LogP contribution < -0.4 is 10.1 Å². The summed E-state index contributed by atoms with van der Waals surface area (Å²) < 4.78 is 0. The molecule has 0 saturated heterocycles. The minimum atomic E-state index is -0.454. The molecule has 4 nitrogen and oxygen atoms in total.